The van der Waals surface area contributed by atoms with E-state index in [2.05, 4.69) is 15.2 Å². The Hall–Kier alpha value is -4.26. The predicted molar refractivity (Wildman–Crippen MR) is 157 cm³/mol. The highest BCUT2D eigenvalue weighted by Crippen LogP contribution is 2.45. The number of nitrogens with two attached hydrogens (primary N) is 1. The molecule has 3 aliphatic rings. The van der Waals surface area contributed by atoms with Crippen molar-refractivity contribution in [2.45, 2.75) is 44.7 Å². The van der Waals surface area contributed by atoms with E-state index in [4.69, 9.17) is 15.5 Å². The van der Waals surface area contributed by atoms with Crippen LogP contribution in [0.15, 0.2) is 36.4 Å². The normalized spacial score (nSPS) is 21.6. The number of unbranched alkanes of at least 4 members (excludes halogenated alkanes) is 1. The Morgan fingerprint density at radius 1 is 1.05 bits per heavy atom. The smallest absolute Gasteiger partial charge is 0.409 e. The molecule has 230 valence electrons. The standard InChI is InChI=1S/C30H39N7O6/c1-2-3-15-43-30(42)36-13-11-35(12-14-36)29(41)22(9-10-25(38)39)33-28(40)23-16-24(37-17-20-21(18-37)26(20)31)34-27(32-23)19-7-5-4-6-8-19/h4-8,16,20-22,26H,2-3,9-15,17-18,31H2,1H3,(H,33,40)(H,38,39)/t20-,21+,22-,26-/m0/s1. The molecular weight excluding hydrogens is 554 g/mol. The summed E-state index contributed by atoms with van der Waals surface area (Å²) >= 11 is 0. The van der Waals surface area contributed by atoms with Crippen LogP contribution in [0.25, 0.3) is 11.4 Å². The lowest BCUT2D eigenvalue weighted by atomic mass is 10.1. The van der Waals surface area contributed by atoms with Crippen molar-refractivity contribution >= 4 is 29.7 Å². The topological polar surface area (TPSA) is 171 Å². The number of hydrogen-bond donors (Lipinski definition) is 3. The molecule has 43 heavy (non-hydrogen) atoms. The summed E-state index contributed by atoms with van der Waals surface area (Å²) in [6.45, 7) is 4.91. The minimum Gasteiger partial charge on any atom is -0.481 e. The van der Waals surface area contributed by atoms with Gasteiger partial charge in [-0.1, -0.05) is 43.7 Å². The summed E-state index contributed by atoms with van der Waals surface area (Å²) in [5.41, 5.74) is 6.95. The third kappa shape index (κ3) is 7.22. The number of fused-ring (bicyclic) bond motifs is 1. The number of nitrogens with zero attached hydrogens (tertiary/aromatic N) is 5. The number of rotatable bonds is 11. The fraction of sp³-hybridized carbons (Fsp3) is 0.533. The number of hydrogen-bond acceptors (Lipinski definition) is 9. The highest BCUT2D eigenvalue weighted by Gasteiger charge is 2.54. The Balaban J connectivity index is 1.30. The van der Waals surface area contributed by atoms with Gasteiger partial charge in [-0.3, -0.25) is 14.4 Å². The molecule has 2 saturated heterocycles. The molecule has 3 amide bonds. The van der Waals surface area contributed by atoms with Crippen LogP contribution in [0.5, 0.6) is 0 Å². The van der Waals surface area contributed by atoms with Gasteiger partial charge in [-0.15, -0.1) is 0 Å². The van der Waals surface area contributed by atoms with Crippen molar-refractivity contribution in [3.05, 3.63) is 42.1 Å². The van der Waals surface area contributed by atoms with Gasteiger partial charge < -0.3 is 35.6 Å². The molecule has 3 heterocycles. The van der Waals surface area contributed by atoms with Crippen LogP contribution in [0, 0.1) is 11.8 Å². The van der Waals surface area contributed by atoms with Crippen molar-refractivity contribution in [1.29, 1.82) is 0 Å². The Bertz CT molecular complexity index is 1320. The van der Waals surface area contributed by atoms with Gasteiger partial charge in [0.05, 0.1) is 6.61 Å². The lowest BCUT2D eigenvalue weighted by Crippen LogP contribution is -2.56. The van der Waals surface area contributed by atoms with Gasteiger partial charge in [0.25, 0.3) is 5.91 Å². The molecule has 4 atom stereocenters. The second kappa shape index (κ2) is 13.4. The summed E-state index contributed by atoms with van der Waals surface area (Å²) in [6, 6.07) is 10.0. The number of carboxylic acids is 1. The molecule has 1 aliphatic carbocycles. The van der Waals surface area contributed by atoms with E-state index in [1.54, 1.807) is 15.9 Å². The van der Waals surface area contributed by atoms with Gasteiger partial charge in [-0.2, -0.15) is 0 Å². The lowest BCUT2D eigenvalue weighted by Gasteiger charge is -2.36. The largest absolute Gasteiger partial charge is 0.481 e. The van der Waals surface area contributed by atoms with E-state index >= 15 is 0 Å². The van der Waals surface area contributed by atoms with Crippen LogP contribution in [0.4, 0.5) is 10.6 Å². The second-order valence-corrected chi connectivity index (χ2v) is 11.3. The molecule has 13 nitrogen and oxygen atoms in total. The minimum atomic E-state index is -1.08. The first-order chi connectivity index (χ1) is 20.7. The van der Waals surface area contributed by atoms with Crippen LogP contribution in [0.3, 0.4) is 0 Å². The molecule has 0 spiro atoms. The fourth-order valence-corrected chi connectivity index (χ4v) is 5.67. The quantitative estimate of drug-likeness (QED) is 0.325. The third-order valence-corrected chi connectivity index (χ3v) is 8.38. The van der Waals surface area contributed by atoms with Gasteiger partial charge in [0, 0.05) is 63.4 Å². The second-order valence-electron chi connectivity index (χ2n) is 11.3. The molecule has 1 saturated carbocycles. The number of anilines is 1. The first-order valence-corrected chi connectivity index (χ1v) is 14.9. The molecule has 2 aliphatic heterocycles. The highest BCUT2D eigenvalue weighted by molar-refractivity contribution is 5.97. The summed E-state index contributed by atoms with van der Waals surface area (Å²) in [4.78, 5) is 65.3. The third-order valence-electron chi connectivity index (χ3n) is 8.38. The number of aliphatic carboxylic acids is 1. The number of nitrogens with one attached hydrogen (secondary N) is 1. The number of benzene rings is 1. The SMILES string of the molecule is CCCCOC(=O)N1CCN(C(=O)[C@H](CCC(=O)O)NC(=O)c2cc(N3C[C@@H]4[C@H](N)[C@@H]4C3)nc(-c3ccccc3)n2)CC1. The molecule has 1 aromatic heterocycles. The number of piperazine rings is 1. The van der Waals surface area contributed by atoms with Crippen LogP contribution in [0.2, 0.25) is 0 Å². The maximum Gasteiger partial charge on any atom is 0.409 e. The molecule has 0 unspecified atom stereocenters. The number of carbonyl (C=O) groups is 4. The monoisotopic (exact) mass is 593 g/mol. The van der Waals surface area contributed by atoms with E-state index in [-0.39, 0.29) is 50.8 Å². The van der Waals surface area contributed by atoms with Crippen molar-refractivity contribution in [1.82, 2.24) is 25.1 Å². The zero-order chi connectivity index (χ0) is 30.5. The van der Waals surface area contributed by atoms with Crippen molar-refractivity contribution in [2.75, 3.05) is 50.8 Å². The average molecular weight is 594 g/mol. The van der Waals surface area contributed by atoms with E-state index in [0.717, 1.165) is 31.5 Å². The van der Waals surface area contributed by atoms with E-state index in [1.165, 1.54) is 0 Å². The van der Waals surface area contributed by atoms with E-state index in [0.29, 0.717) is 30.1 Å². The number of carboxylic acid groups (broad SMARTS) is 1. The Morgan fingerprint density at radius 3 is 2.37 bits per heavy atom. The zero-order valence-corrected chi connectivity index (χ0v) is 24.4. The fourth-order valence-electron chi connectivity index (χ4n) is 5.67. The Labute approximate surface area is 250 Å². The van der Waals surface area contributed by atoms with Gasteiger partial charge in [0.15, 0.2) is 5.82 Å². The molecule has 13 heteroatoms. The van der Waals surface area contributed by atoms with E-state index in [9.17, 15) is 24.3 Å². The number of carbonyl (C=O) groups excluding carboxylic acids is 3. The number of aromatic nitrogens is 2. The minimum absolute atomic E-state index is 0.0847. The highest BCUT2D eigenvalue weighted by atomic mass is 16.6. The molecule has 2 aromatic rings. The number of piperidine rings is 1. The summed E-state index contributed by atoms with van der Waals surface area (Å²) < 4.78 is 5.27. The molecule has 0 radical (unpaired) electrons. The van der Waals surface area contributed by atoms with E-state index in [1.807, 2.05) is 37.3 Å². The van der Waals surface area contributed by atoms with Crippen LogP contribution in [-0.2, 0) is 14.3 Å². The maximum absolute atomic E-state index is 13.6. The van der Waals surface area contributed by atoms with Crippen molar-refractivity contribution in [3.8, 4) is 11.4 Å². The maximum atomic E-state index is 13.6. The summed E-state index contributed by atoms with van der Waals surface area (Å²) in [6.07, 6.45) is 0.888. The first-order valence-electron chi connectivity index (χ1n) is 14.9. The van der Waals surface area contributed by atoms with Gasteiger partial charge in [0.2, 0.25) is 5.91 Å². The van der Waals surface area contributed by atoms with Crippen LogP contribution in [-0.4, -0.2) is 107 Å². The van der Waals surface area contributed by atoms with Crippen molar-refractivity contribution in [3.63, 3.8) is 0 Å². The van der Waals surface area contributed by atoms with Crippen LogP contribution >= 0.6 is 0 Å². The Kier molecular flexibility index (Phi) is 9.39. The molecular formula is C30H39N7O6. The summed E-state index contributed by atoms with van der Waals surface area (Å²) in [7, 11) is 0. The average Bonchev–Trinajstić information content (AvgIpc) is 3.39. The molecule has 5 rings (SSSR count). The van der Waals surface area contributed by atoms with Crippen molar-refractivity contribution in [2.24, 2.45) is 17.6 Å². The molecule has 3 fully saturated rings. The summed E-state index contributed by atoms with van der Waals surface area (Å²) in [5, 5.41) is 12.1. The number of amides is 3. The van der Waals surface area contributed by atoms with Gasteiger partial charge >= 0.3 is 12.1 Å². The van der Waals surface area contributed by atoms with Crippen LogP contribution in [0.1, 0.15) is 43.1 Å². The molecule has 1 aromatic carbocycles. The molecule has 0 bridgehead atoms. The lowest BCUT2D eigenvalue weighted by molar-refractivity contribution is -0.138. The predicted octanol–water partition coefficient (Wildman–Crippen LogP) is 1.58. The summed E-state index contributed by atoms with van der Waals surface area (Å²) in [5.74, 6) is -0.276. The van der Waals surface area contributed by atoms with E-state index < -0.39 is 29.9 Å². The molecule has 4 N–H and O–H groups in total. The van der Waals surface area contributed by atoms with Crippen molar-refractivity contribution < 1.29 is 29.0 Å². The van der Waals surface area contributed by atoms with Gasteiger partial charge in [-0.05, 0) is 24.7 Å². The Morgan fingerprint density at radius 2 is 1.72 bits per heavy atom. The number of ether oxygens (including phenoxy) is 1. The van der Waals surface area contributed by atoms with Gasteiger partial charge in [-0.25, -0.2) is 14.8 Å². The van der Waals surface area contributed by atoms with Crippen LogP contribution < -0.4 is 16.0 Å². The van der Waals surface area contributed by atoms with Gasteiger partial charge in [0.1, 0.15) is 17.6 Å². The zero-order valence-electron chi connectivity index (χ0n) is 24.4. The first kappa shape index (κ1) is 30.2.